The average molecular weight is 359 g/mol. The summed E-state index contributed by atoms with van der Waals surface area (Å²) in [5.41, 5.74) is 2.63. The van der Waals surface area contributed by atoms with Crippen LogP contribution in [-0.2, 0) is 0 Å². The molecule has 0 aliphatic carbocycles. The molecule has 146 valence electrons. The highest BCUT2D eigenvalue weighted by Crippen LogP contribution is 2.24. The minimum atomic E-state index is 0.481. The second-order valence-corrected chi connectivity index (χ2v) is 7.56. The first kappa shape index (κ1) is 20.9. The molecule has 1 saturated heterocycles. The first-order valence-corrected chi connectivity index (χ1v) is 10.4. The highest BCUT2D eigenvalue weighted by molar-refractivity contribution is 5.82. The summed E-state index contributed by atoms with van der Waals surface area (Å²) in [5.74, 6) is 0.862. The number of aromatic nitrogens is 2. The van der Waals surface area contributed by atoms with E-state index in [1.54, 1.807) is 0 Å². The van der Waals surface area contributed by atoms with Gasteiger partial charge in [-0.05, 0) is 70.9 Å². The molecule has 4 nitrogen and oxygen atoms in total. The van der Waals surface area contributed by atoms with Crippen LogP contribution in [0.5, 0.6) is 0 Å². The number of likely N-dealkylation sites (tertiary alicyclic amines) is 1. The maximum Gasteiger partial charge on any atom is 0.0517 e. The fourth-order valence-corrected chi connectivity index (χ4v) is 4.03. The Morgan fingerprint density at radius 1 is 1.27 bits per heavy atom. The summed E-state index contributed by atoms with van der Waals surface area (Å²) in [7, 11) is 2.24. The van der Waals surface area contributed by atoms with E-state index in [1.165, 1.54) is 48.9 Å². The van der Waals surface area contributed by atoms with E-state index < -0.39 is 0 Å². The zero-order chi connectivity index (χ0) is 19.1. The molecule has 0 amide bonds. The lowest BCUT2D eigenvalue weighted by Crippen LogP contribution is -2.38. The molecule has 1 atom stereocenters. The Bertz CT molecular complexity index is 655. The van der Waals surface area contributed by atoms with E-state index in [1.807, 2.05) is 26.2 Å². The van der Waals surface area contributed by atoms with Crippen LogP contribution in [0.3, 0.4) is 0 Å². The molecule has 0 spiro atoms. The summed E-state index contributed by atoms with van der Waals surface area (Å²) in [5, 5.41) is 1.28. The highest BCUT2D eigenvalue weighted by Gasteiger charge is 2.21. The van der Waals surface area contributed by atoms with Gasteiger partial charge < -0.3 is 14.4 Å². The molecule has 4 heteroatoms. The van der Waals surface area contributed by atoms with E-state index in [2.05, 4.69) is 59.4 Å². The molecule has 26 heavy (non-hydrogen) atoms. The Balaban J connectivity index is 0.00000117. The van der Waals surface area contributed by atoms with Crippen molar-refractivity contribution < 1.29 is 0 Å². The van der Waals surface area contributed by atoms with Crippen LogP contribution in [0.25, 0.3) is 10.9 Å². The molecule has 1 fully saturated rings. The van der Waals surface area contributed by atoms with Gasteiger partial charge in [0.05, 0.1) is 5.52 Å². The number of rotatable bonds is 6. The van der Waals surface area contributed by atoms with Crippen molar-refractivity contribution in [3.8, 4) is 0 Å². The molecule has 1 aliphatic rings. The van der Waals surface area contributed by atoms with Crippen molar-refractivity contribution in [2.45, 2.75) is 53.5 Å². The van der Waals surface area contributed by atoms with Crippen LogP contribution < -0.4 is 0 Å². The van der Waals surface area contributed by atoms with Crippen LogP contribution in [0.1, 0.15) is 52.1 Å². The molecular weight excluding hydrogens is 320 g/mol. The quantitative estimate of drug-likeness (QED) is 0.754. The summed E-state index contributed by atoms with van der Waals surface area (Å²) in [6, 6.07) is 2.63. The van der Waals surface area contributed by atoms with Gasteiger partial charge in [0.2, 0.25) is 0 Å². The minimum absolute atomic E-state index is 0.481. The predicted molar refractivity (Wildman–Crippen MR) is 113 cm³/mol. The number of piperidine rings is 1. The van der Waals surface area contributed by atoms with Gasteiger partial charge in [-0.25, -0.2) is 0 Å². The van der Waals surface area contributed by atoms with Crippen molar-refractivity contribution in [3.05, 3.63) is 30.2 Å². The SMILES string of the molecule is CC.CCN(CC1CCN(C)CC1)CC(C)n1cc(C)c2cnccc21. The molecule has 2 aromatic rings. The fraction of sp³-hybridized carbons (Fsp3) is 0.682. The Kier molecular flexibility index (Phi) is 8.11. The Morgan fingerprint density at radius 3 is 2.62 bits per heavy atom. The zero-order valence-electron chi connectivity index (χ0n) is 17.7. The lowest BCUT2D eigenvalue weighted by atomic mass is 9.96. The number of aryl methyl sites for hydroxylation is 1. The lowest BCUT2D eigenvalue weighted by Gasteiger charge is -2.34. The molecule has 1 aliphatic heterocycles. The lowest BCUT2D eigenvalue weighted by molar-refractivity contribution is 0.154. The molecule has 3 rings (SSSR count). The molecule has 0 bridgehead atoms. The van der Waals surface area contributed by atoms with Gasteiger partial charge in [-0.15, -0.1) is 0 Å². The highest BCUT2D eigenvalue weighted by atomic mass is 15.2. The van der Waals surface area contributed by atoms with Gasteiger partial charge >= 0.3 is 0 Å². The van der Waals surface area contributed by atoms with Crippen molar-refractivity contribution in [2.24, 2.45) is 5.92 Å². The van der Waals surface area contributed by atoms with Crippen LogP contribution in [0.4, 0.5) is 0 Å². The number of hydrogen-bond donors (Lipinski definition) is 0. The van der Waals surface area contributed by atoms with Crippen molar-refractivity contribution >= 4 is 10.9 Å². The van der Waals surface area contributed by atoms with Crippen LogP contribution in [-0.4, -0.2) is 59.1 Å². The maximum absolute atomic E-state index is 4.28. The number of nitrogens with zero attached hydrogens (tertiary/aromatic N) is 4. The van der Waals surface area contributed by atoms with Crippen LogP contribution in [0.15, 0.2) is 24.7 Å². The van der Waals surface area contributed by atoms with Crippen molar-refractivity contribution in [3.63, 3.8) is 0 Å². The van der Waals surface area contributed by atoms with Crippen LogP contribution >= 0.6 is 0 Å². The number of hydrogen-bond acceptors (Lipinski definition) is 3. The largest absolute Gasteiger partial charge is 0.343 e. The summed E-state index contributed by atoms with van der Waals surface area (Å²) in [6.45, 7) is 16.8. The summed E-state index contributed by atoms with van der Waals surface area (Å²) in [4.78, 5) is 9.38. The average Bonchev–Trinajstić information content (AvgIpc) is 3.02. The number of fused-ring (bicyclic) bond motifs is 1. The van der Waals surface area contributed by atoms with Gasteiger partial charge in [0, 0.05) is 43.1 Å². The van der Waals surface area contributed by atoms with E-state index in [-0.39, 0.29) is 0 Å². The standard InChI is InChI=1S/C20H32N4.C2H6/c1-5-23(15-18-7-10-22(4)11-8-18)14-17(3)24-13-16(2)19-12-21-9-6-20(19)24;1-2/h6,9,12-13,17-18H,5,7-8,10-11,14-15H2,1-4H3;1-2H3. The molecule has 3 heterocycles. The van der Waals surface area contributed by atoms with Gasteiger partial charge in [0.15, 0.2) is 0 Å². The molecule has 1 unspecified atom stereocenters. The topological polar surface area (TPSA) is 24.3 Å². The van der Waals surface area contributed by atoms with E-state index >= 15 is 0 Å². The van der Waals surface area contributed by atoms with Gasteiger partial charge in [-0.2, -0.15) is 0 Å². The first-order chi connectivity index (χ1) is 12.6. The van der Waals surface area contributed by atoms with E-state index in [4.69, 9.17) is 0 Å². The third kappa shape index (κ3) is 5.08. The third-order valence-corrected chi connectivity index (χ3v) is 5.63. The van der Waals surface area contributed by atoms with Crippen molar-refractivity contribution in [2.75, 3.05) is 39.8 Å². The molecule has 0 saturated carbocycles. The summed E-state index contributed by atoms with van der Waals surface area (Å²) < 4.78 is 2.43. The maximum atomic E-state index is 4.28. The second-order valence-electron chi connectivity index (χ2n) is 7.56. The van der Waals surface area contributed by atoms with Gasteiger partial charge in [-0.1, -0.05) is 20.8 Å². The summed E-state index contributed by atoms with van der Waals surface area (Å²) >= 11 is 0. The van der Waals surface area contributed by atoms with Crippen molar-refractivity contribution in [1.82, 2.24) is 19.4 Å². The zero-order valence-corrected chi connectivity index (χ0v) is 17.7. The smallest absolute Gasteiger partial charge is 0.0517 e. The monoisotopic (exact) mass is 358 g/mol. The summed E-state index contributed by atoms with van der Waals surface area (Å²) in [6.07, 6.45) is 8.88. The van der Waals surface area contributed by atoms with Crippen LogP contribution in [0.2, 0.25) is 0 Å². The number of likely N-dealkylation sites (N-methyl/N-ethyl adjacent to an activating group) is 1. The molecular formula is C22H38N4. The number of pyridine rings is 1. The normalized spacial score (nSPS) is 17.3. The third-order valence-electron chi connectivity index (χ3n) is 5.63. The van der Waals surface area contributed by atoms with E-state index in [0.29, 0.717) is 6.04 Å². The van der Waals surface area contributed by atoms with E-state index in [0.717, 1.165) is 19.0 Å². The molecule has 0 radical (unpaired) electrons. The Labute approximate surface area is 160 Å². The van der Waals surface area contributed by atoms with Crippen LogP contribution in [0, 0.1) is 12.8 Å². The predicted octanol–water partition coefficient (Wildman–Crippen LogP) is 4.60. The second kappa shape index (κ2) is 10.1. The van der Waals surface area contributed by atoms with Gasteiger partial charge in [0.1, 0.15) is 0 Å². The Hall–Kier alpha value is -1.39. The fourth-order valence-electron chi connectivity index (χ4n) is 4.03. The van der Waals surface area contributed by atoms with Gasteiger partial charge in [0.25, 0.3) is 0 Å². The molecule has 0 N–H and O–H groups in total. The van der Waals surface area contributed by atoms with E-state index in [9.17, 15) is 0 Å². The first-order valence-electron chi connectivity index (χ1n) is 10.4. The minimum Gasteiger partial charge on any atom is -0.343 e. The van der Waals surface area contributed by atoms with Gasteiger partial charge in [-0.3, -0.25) is 4.98 Å². The van der Waals surface area contributed by atoms with Crippen molar-refractivity contribution in [1.29, 1.82) is 0 Å². The Morgan fingerprint density at radius 2 is 1.96 bits per heavy atom. The molecule has 2 aromatic heterocycles. The molecule has 0 aromatic carbocycles.